The molecule has 5 N–H and O–H groups in total. The van der Waals surface area contributed by atoms with E-state index >= 15 is 4.39 Å². The van der Waals surface area contributed by atoms with Gasteiger partial charge in [0, 0.05) is 32.9 Å². The number of nitrogens with zero attached hydrogens (tertiary/aromatic N) is 2. The number of anilines is 1. The summed E-state index contributed by atoms with van der Waals surface area (Å²) in [7, 11) is 2.93. The first-order chi connectivity index (χ1) is 12.8. The van der Waals surface area contributed by atoms with Crippen LogP contribution >= 0.6 is 12.4 Å². The van der Waals surface area contributed by atoms with Crippen LogP contribution < -0.4 is 20.8 Å². The van der Waals surface area contributed by atoms with Crippen LogP contribution in [0.5, 0.6) is 5.75 Å². The van der Waals surface area contributed by atoms with Gasteiger partial charge >= 0.3 is 5.97 Å². The summed E-state index contributed by atoms with van der Waals surface area (Å²) in [6, 6.07) is 0.775. The molecular weight excluding hydrogens is 409 g/mol. The van der Waals surface area contributed by atoms with Crippen LogP contribution in [0.25, 0.3) is 10.9 Å². The van der Waals surface area contributed by atoms with E-state index in [2.05, 4.69) is 0 Å². The topological polar surface area (TPSA) is 139 Å². The van der Waals surface area contributed by atoms with Crippen molar-refractivity contribution in [1.29, 1.82) is 0 Å². The molecule has 162 valence electrons. The lowest BCUT2D eigenvalue weighted by molar-refractivity contribution is 0.0694. The first kappa shape index (κ1) is 24.6. The van der Waals surface area contributed by atoms with E-state index < -0.39 is 22.8 Å². The third-order valence-electron chi connectivity index (χ3n) is 4.95. The number of rotatable bonds is 5. The molecule has 11 heteroatoms. The summed E-state index contributed by atoms with van der Waals surface area (Å²) in [5, 5.41) is 9.24. The van der Waals surface area contributed by atoms with Crippen molar-refractivity contribution >= 4 is 35.0 Å². The SMILES string of the molecule is CCn1cc(C(=O)O)c(=O)c2cc(F)c(N3CC(N)C(OC)C3)c(OC)c21.Cl.O. The number of carboxylic acids is 1. The second-order valence-corrected chi connectivity index (χ2v) is 6.44. The predicted molar refractivity (Wildman–Crippen MR) is 109 cm³/mol. The fourth-order valence-electron chi connectivity index (χ4n) is 3.61. The van der Waals surface area contributed by atoms with Crippen molar-refractivity contribution < 1.29 is 29.2 Å². The molecule has 0 amide bonds. The second kappa shape index (κ2) is 9.40. The normalized spacial score (nSPS) is 18.3. The minimum absolute atomic E-state index is 0. The monoisotopic (exact) mass is 433 g/mol. The Morgan fingerprint density at radius 1 is 1.38 bits per heavy atom. The summed E-state index contributed by atoms with van der Waals surface area (Å²) in [4.78, 5) is 25.7. The zero-order valence-electron chi connectivity index (χ0n) is 16.3. The molecular formula is C18H25ClFN3O6. The Labute approximate surface area is 172 Å². The Hall–Kier alpha value is -2.40. The van der Waals surface area contributed by atoms with Gasteiger partial charge in [0.2, 0.25) is 5.43 Å². The highest BCUT2D eigenvalue weighted by Gasteiger charge is 2.34. The Bertz CT molecular complexity index is 967. The van der Waals surface area contributed by atoms with E-state index in [1.165, 1.54) is 13.3 Å². The van der Waals surface area contributed by atoms with Gasteiger partial charge < -0.3 is 35.3 Å². The molecule has 1 aromatic heterocycles. The number of hydrogen-bond acceptors (Lipinski definition) is 6. The second-order valence-electron chi connectivity index (χ2n) is 6.44. The molecule has 1 aliphatic rings. The van der Waals surface area contributed by atoms with E-state index in [4.69, 9.17) is 15.2 Å². The van der Waals surface area contributed by atoms with E-state index in [9.17, 15) is 14.7 Å². The van der Waals surface area contributed by atoms with Crippen LogP contribution in [0.4, 0.5) is 10.1 Å². The molecule has 0 bridgehead atoms. The Morgan fingerprint density at radius 3 is 2.52 bits per heavy atom. The van der Waals surface area contributed by atoms with Crippen molar-refractivity contribution in [2.24, 2.45) is 5.73 Å². The van der Waals surface area contributed by atoms with E-state index in [1.807, 2.05) is 0 Å². The number of carboxylic acid groups (broad SMARTS) is 1. The number of ether oxygens (including phenoxy) is 2. The fourth-order valence-corrected chi connectivity index (χ4v) is 3.61. The molecule has 2 heterocycles. The van der Waals surface area contributed by atoms with Crippen LogP contribution in [0, 0.1) is 5.82 Å². The number of nitrogens with two attached hydrogens (primary N) is 1. The van der Waals surface area contributed by atoms with E-state index in [0.717, 1.165) is 6.07 Å². The van der Waals surface area contributed by atoms with Crippen molar-refractivity contribution in [3.05, 3.63) is 33.9 Å². The zero-order valence-corrected chi connectivity index (χ0v) is 17.1. The average Bonchev–Trinajstić information content (AvgIpc) is 3.01. The van der Waals surface area contributed by atoms with Gasteiger partial charge in [0.25, 0.3) is 0 Å². The fraction of sp³-hybridized carbons (Fsp3) is 0.444. The lowest BCUT2D eigenvalue weighted by atomic mass is 10.1. The van der Waals surface area contributed by atoms with E-state index in [-0.39, 0.29) is 46.9 Å². The summed E-state index contributed by atoms with van der Waals surface area (Å²) >= 11 is 0. The molecule has 0 spiro atoms. The van der Waals surface area contributed by atoms with Gasteiger partial charge in [-0.2, -0.15) is 0 Å². The largest absolute Gasteiger partial charge is 0.492 e. The van der Waals surface area contributed by atoms with Gasteiger partial charge in [-0.3, -0.25) is 4.79 Å². The molecule has 0 aliphatic carbocycles. The van der Waals surface area contributed by atoms with Crippen molar-refractivity contribution in [3.63, 3.8) is 0 Å². The van der Waals surface area contributed by atoms with Crippen LogP contribution in [0.3, 0.4) is 0 Å². The quantitative estimate of drug-likeness (QED) is 0.704. The molecule has 1 aliphatic heterocycles. The Morgan fingerprint density at radius 2 is 2.03 bits per heavy atom. The summed E-state index contributed by atoms with van der Waals surface area (Å²) in [6.45, 7) is 2.91. The maximum absolute atomic E-state index is 15.0. The number of aryl methyl sites for hydroxylation is 1. The van der Waals surface area contributed by atoms with Gasteiger partial charge in [-0.1, -0.05) is 0 Å². The van der Waals surface area contributed by atoms with Gasteiger partial charge in [0.1, 0.15) is 11.3 Å². The highest BCUT2D eigenvalue weighted by Crippen LogP contribution is 2.39. The highest BCUT2D eigenvalue weighted by atomic mass is 35.5. The molecule has 2 aromatic rings. The molecule has 9 nitrogen and oxygen atoms in total. The molecule has 2 unspecified atom stereocenters. The average molecular weight is 434 g/mol. The third-order valence-corrected chi connectivity index (χ3v) is 4.95. The van der Waals surface area contributed by atoms with Gasteiger partial charge in [-0.15, -0.1) is 12.4 Å². The van der Waals surface area contributed by atoms with Crippen LogP contribution in [0.2, 0.25) is 0 Å². The number of aromatic nitrogens is 1. The van der Waals surface area contributed by atoms with Crippen LogP contribution in [0.15, 0.2) is 17.1 Å². The number of aromatic carboxylic acids is 1. The smallest absolute Gasteiger partial charge is 0.341 e. The van der Waals surface area contributed by atoms with Crippen molar-refractivity contribution in [1.82, 2.24) is 4.57 Å². The lowest BCUT2D eigenvalue weighted by Gasteiger charge is -2.24. The van der Waals surface area contributed by atoms with Gasteiger partial charge in [-0.05, 0) is 13.0 Å². The van der Waals surface area contributed by atoms with Gasteiger partial charge in [-0.25, -0.2) is 9.18 Å². The molecule has 3 rings (SSSR count). The zero-order chi connectivity index (χ0) is 19.9. The lowest BCUT2D eigenvalue weighted by Crippen LogP contribution is -2.34. The summed E-state index contributed by atoms with van der Waals surface area (Å²) in [5.41, 5.74) is 5.42. The third kappa shape index (κ3) is 4.01. The molecule has 1 aromatic carbocycles. The number of carbonyl (C=O) groups is 1. The number of benzene rings is 1. The van der Waals surface area contributed by atoms with Gasteiger partial charge in [0.15, 0.2) is 11.6 Å². The van der Waals surface area contributed by atoms with Gasteiger partial charge in [0.05, 0.1) is 30.2 Å². The maximum Gasteiger partial charge on any atom is 0.341 e. The molecule has 1 saturated heterocycles. The van der Waals surface area contributed by atoms with E-state index in [0.29, 0.717) is 25.2 Å². The first-order valence-electron chi connectivity index (χ1n) is 8.54. The first-order valence-corrected chi connectivity index (χ1v) is 8.54. The number of halogens is 2. The minimum Gasteiger partial charge on any atom is -0.492 e. The number of pyridine rings is 1. The number of methoxy groups -OCH3 is 2. The molecule has 1 fully saturated rings. The molecule has 0 radical (unpaired) electrons. The van der Waals surface area contributed by atoms with Crippen LogP contribution in [0.1, 0.15) is 17.3 Å². The number of fused-ring (bicyclic) bond motifs is 1. The predicted octanol–water partition coefficient (Wildman–Crippen LogP) is 0.627. The Balaban J connectivity index is 0.00000210. The maximum atomic E-state index is 15.0. The Kier molecular flexibility index (Phi) is 7.98. The van der Waals surface area contributed by atoms with E-state index in [1.54, 1.807) is 23.5 Å². The molecule has 29 heavy (non-hydrogen) atoms. The molecule has 0 saturated carbocycles. The minimum atomic E-state index is -1.36. The van der Waals surface area contributed by atoms with Crippen molar-refractivity contribution in [3.8, 4) is 5.75 Å². The van der Waals surface area contributed by atoms with Crippen LogP contribution in [-0.4, -0.2) is 60.6 Å². The van der Waals surface area contributed by atoms with Crippen molar-refractivity contribution in [2.75, 3.05) is 32.2 Å². The summed E-state index contributed by atoms with van der Waals surface area (Å²) in [6.07, 6.45) is 0.998. The van der Waals surface area contributed by atoms with Crippen molar-refractivity contribution in [2.45, 2.75) is 25.6 Å². The highest BCUT2D eigenvalue weighted by molar-refractivity contribution is 5.97. The standard InChI is InChI=1S/C18H22FN3O5.ClH.H2O/c1-4-21-6-10(18(24)25)16(23)9-5-11(19)15(17(27-3)14(9)21)22-7-12(20)13(8-22)26-2;;/h5-6,12-13H,4,7-8,20H2,1-3H3,(H,24,25);1H;1H2. The molecule has 2 atom stereocenters. The summed E-state index contributed by atoms with van der Waals surface area (Å²) in [5.74, 6) is -1.86. The number of hydrogen-bond donors (Lipinski definition) is 2. The van der Waals surface area contributed by atoms with Crippen LogP contribution in [-0.2, 0) is 11.3 Å². The summed E-state index contributed by atoms with van der Waals surface area (Å²) < 4.78 is 27.4.